The highest BCUT2D eigenvalue weighted by molar-refractivity contribution is 5.52. The Hall–Kier alpha value is -2.54. The Morgan fingerprint density at radius 2 is 1.89 bits per heavy atom. The molecule has 140 valence electrons. The molecule has 2 aromatic carbocycles. The second-order valence-corrected chi connectivity index (χ2v) is 7.66. The molecule has 0 spiro atoms. The van der Waals surface area contributed by atoms with Gasteiger partial charge >= 0.3 is 0 Å². The third kappa shape index (κ3) is 4.60. The van der Waals surface area contributed by atoms with Crippen molar-refractivity contribution in [3.8, 4) is 0 Å². The molecule has 1 aliphatic rings. The number of unbranched alkanes of at least 4 members (excludes halogenated alkanes) is 1. The van der Waals surface area contributed by atoms with Crippen molar-refractivity contribution < 1.29 is 0 Å². The van der Waals surface area contributed by atoms with E-state index in [0.29, 0.717) is 5.92 Å². The summed E-state index contributed by atoms with van der Waals surface area (Å²) >= 11 is 0. The number of fused-ring (bicyclic) bond motifs is 1. The number of allylic oxidation sites excluding steroid dienone is 4. The molecule has 1 heteroatoms. The summed E-state index contributed by atoms with van der Waals surface area (Å²) in [6.07, 6.45) is 9.97. The largest absolute Gasteiger partial charge is 0.399 e. The Bertz CT molecular complexity index is 829. The zero-order valence-corrected chi connectivity index (χ0v) is 16.5. The minimum atomic E-state index is 0.284. The molecule has 0 fully saturated rings. The van der Waals surface area contributed by atoms with Crippen molar-refractivity contribution in [2.45, 2.75) is 50.9 Å². The molecule has 0 amide bonds. The number of nitrogen functional groups attached to an aromatic ring is 1. The zero-order chi connectivity index (χ0) is 19.2. The van der Waals surface area contributed by atoms with E-state index in [1.807, 2.05) is 6.07 Å². The number of benzene rings is 2. The van der Waals surface area contributed by atoms with Crippen molar-refractivity contribution in [1.29, 1.82) is 0 Å². The van der Waals surface area contributed by atoms with Crippen LogP contribution in [0.1, 0.15) is 61.1 Å². The Morgan fingerprint density at radius 1 is 1.11 bits per heavy atom. The molecule has 0 heterocycles. The Balaban J connectivity index is 1.92. The second-order valence-electron chi connectivity index (χ2n) is 7.66. The third-order valence-corrected chi connectivity index (χ3v) is 5.64. The highest BCUT2D eigenvalue weighted by atomic mass is 14.5. The Morgan fingerprint density at radius 3 is 2.63 bits per heavy atom. The molecule has 2 atom stereocenters. The van der Waals surface area contributed by atoms with Gasteiger partial charge in [0, 0.05) is 11.6 Å². The van der Waals surface area contributed by atoms with Crippen molar-refractivity contribution in [2.75, 3.05) is 5.73 Å². The van der Waals surface area contributed by atoms with Gasteiger partial charge in [0.2, 0.25) is 0 Å². The first-order valence-corrected chi connectivity index (χ1v) is 10.1. The first-order chi connectivity index (χ1) is 13.1. The van der Waals surface area contributed by atoms with Gasteiger partial charge in [-0.15, -0.1) is 0 Å². The minimum Gasteiger partial charge on any atom is -0.399 e. The summed E-state index contributed by atoms with van der Waals surface area (Å²) in [4.78, 5) is 0. The van der Waals surface area contributed by atoms with Crippen LogP contribution in [0.25, 0.3) is 0 Å². The summed E-state index contributed by atoms with van der Waals surface area (Å²) in [7, 11) is 0. The second kappa shape index (κ2) is 8.90. The van der Waals surface area contributed by atoms with E-state index in [4.69, 9.17) is 5.73 Å². The van der Waals surface area contributed by atoms with Crippen LogP contribution in [0.5, 0.6) is 0 Å². The number of rotatable bonds is 7. The standard InChI is InChI=1S/C26H31N/c1-4-5-9-19(2)12-13-20(3)26-24(21-10-7-6-8-11-21)16-14-22-18-23(27)15-17-25(22)26/h6-8,10-13,15,17-18,24,26H,2-5,9,14,16,27H2,1H3/b13-12-. The molecule has 0 aromatic heterocycles. The SMILES string of the molecule is C=C(/C=C\C(=C)C1c2ccc(N)cc2CCC1c1ccccc1)CCCC. The number of anilines is 1. The summed E-state index contributed by atoms with van der Waals surface area (Å²) < 4.78 is 0. The van der Waals surface area contributed by atoms with Gasteiger partial charge in [-0.3, -0.25) is 0 Å². The summed E-state index contributed by atoms with van der Waals surface area (Å²) in [5.74, 6) is 0.732. The predicted molar refractivity (Wildman–Crippen MR) is 118 cm³/mol. The van der Waals surface area contributed by atoms with Crippen molar-refractivity contribution >= 4 is 5.69 Å². The number of hydrogen-bond acceptors (Lipinski definition) is 1. The van der Waals surface area contributed by atoms with Crippen molar-refractivity contribution in [3.63, 3.8) is 0 Å². The van der Waals surface area contributed by atoms with E-state index >= 15 is 0 Å². The molecule has 0 radical (unpaired) electrons. The van der Waals surface area contributed by atoms with Crippen LogP contribution in [-0.4, -0.2) is 0 Å². The van der Waals surface area contributed by atoms with E-state index < -0.39 is 0 Å². The molecule has 2 aromatic rings. The molecular weight excluding hydrogens is 326 g/mol. The lowest BCUT2D eigenvalue weighted by molar-refractivity contribution is 0.524. The maximum absolute atomic E-state index is 6.05. The molecule has 27 heavy (non-hydrogen) atoms. The van der Waals surface area contributed by atoms with Crippen molar-refractivity contribution in [2.24, 2.45) is 0 Å². The van der Waals surface area contributed by atoms with E-state index in [1.165, 1.54) is 35.1 Å². The van der Waals surface area contributed by atoms with Gasteiger partial charge in [0.15, 0.2) is 0 Å². The van der Waals surface area contributed by atoms with Gasteiger partial charge in [-0.05, 0) is 66.0 Å². The molecule has 2 unspecified atom stereocenters. The van der Waals surface area contributed by atoms with Gasteiger partial charge in [-0.1, -0.05) is 80.6 Å². The van der Waals surface area contributed by atoms with Crippen LogP contribution >= 0.6 is 0 Å². The quantitative estimate of drug-likeness (QED) is 0.421. The Labute approximate surface area is 164 Å². The topological polar surface area (TPSA) is 26.0 Å². The van der Waals surface area contributed by atoms with Gasteiger partial charge in [-0.2, -0.15) is 0 Å². The van der Waals surface area contributed by atoms with E-state index in [1.54, 1.807) is 0 Å². The summed E-state index contributed by atoms with van der Waals surface area (Å²) in [5.41, 5.74) is 13.4. The summed E-state index contributed by atoms with van der Waals surface area (Å²) in [6, 6.07) is 17.2. The van der Waals surface area contributed by atoms with E-state index in [2.05, 4.69) is 74.7 Å². The fourth-order valence-electron chi connectivity index (χ4n) is 4.17. The number of aryl methyl sites for hydroxylation is 1. The minimum absolute atomic E-state index is 0.284. The summed E-state index contributed by atoms with van der Waals surface area (Å²) in [6.45, 7) is 10.9. The first kappa shape index (κ1) is 19.2. The van der Waals surface area contributed by atoms with Gasteiger partial charge in [0.1, 0.15) is 0 Å². The molecule has 0 saturated carbocycles. The first-order valence-electron chi connectivity index (χ1n) is 10.1. The normalized spacial score (nSPS) is 19.0. The lowest BCUT2D eigenvalue weighted by atomic mass is 9.69. The van der Waals surface area contributed by atoms with E-state index in [9.17, 15) is 0 Å². The predicted octanol–water partition coefficient (Wildman–Crippen LogP) is 6.94. The molecule has 0 aliphatic heterocycles. The number of nitrogens with two attached hydrogens (primary N) is 1. The number of hydrogen-bond donors (Lipinski definition) is 1. The average molecular weight is 358 g/mol. The Kier molecular flexibility index (Phi) is 6.34. The molecule has 3 rings (SSSR count). The van der Waals surface area contributed by atoms with Crippen LogP contribution in [0.2, 0.25) is 0 Å². The van der Waals surface area contributed by atoms with E-state index in [0.717, 1.165) is 30.5 Å². The van der Waals surface area contributed by atoms with Crippen molar-refractivity contribution in [1.82, 2.24) is 0 Å². The van der Waals surface area contributed by atoms with Crippen LogP contribution in [0.15, 0.2) is 85.0 Å². The highest BCUT2D eigenvalue weighted by Gasteiger charge is 2.31. The fraction of sp³-hybridized carbons (Fsp3) is 0.308. The van der Waals surface area contributed by atoms with Crippen LogP contribution < -0.4 is 5.73 Å². The van der Waals surface area contributed by atoms with Gasteiger partial charge < -0.3 is 5.73 Å². The summed E-state index contributed by atoms with van der Waals surface area (Å²) in [5, 5.41) is 0. The van der Waals surface area contributed by atoms with Crippen molar-refractivity contribution in [3.05, 3.63) is 102 Å². The maximum Gasteiger partial charge on any atom is 0.0316 e. The molecule has 2 N–H and O–H groups in total. The lowest BCUT2D eigenvalue weighted by Crippen LogP contribution is -2.20. The third-order valence-electron chi connectivity index (χ3n) is 5.64. The molecule has 1 aliphatic carbocycles. The molecular formula is C26H31N. The van der Waals surface area contributed by atoms with Gasteiger partial charge in [0.05, 0.1) is 0 Å². The lowest BCUT2D eigenvalue weighted by Gasteiger charge is -2.35. The maximum atomic E-state index is 6.05. The molecule has 0 bridgehead atoms. The van der Waals surface area contributed by atoms with Crippen LogP contribution in [-0.2, 0) is 6.42 Å². The van der Waals surface area contributed by atoms with Crippen LogP contribution in [0.3, 0.4) is 0 Å². The van der Waals surface area contributed by atoms with Gasteiger partial charge in [0.25, 0.3) is 0 Å². The van der Waals surface area contributed by atoms with Crippen LogP contribution in [0, 0.1) is 0 Å². The smallest absolute Gasteiger partial charge is 0.0316 e. The zero-order valence-electron chi connectivity index (χ0n) is 16.5. The average Bonchev–Trinajstić information content (AvgIpc) is 2.70. The molecule has 0 saturated heterocycles. The highest BCUT2D eigenvalue weighted by Crippen LogP contribution is 2.46. The van der Waals surface area contributed by atoms with E-state index in [-0.39, 0.29) is 5.92 Å². The fourth-order valence-corrected chi connectivity index (χ4v) is 4.17. The molecule has 1 nitrogen and oxygen atoms in total. The monoisotopic (exact) mass is 357 g/mol. The van der Waals surface area contributed by atoms with Gasteiger partial charge in [-0.25, -0.2) is 0 Å². The van der Waals surface area contributed by atoms with Crippen LogP contribution in [0.4, 0.5) is 5.69 Å².